The number of carbonyl (C=O) groups is 2. The maximum absolute atomic E-state index is 12.7. The smallest absolute Gasteiger partial charge is 0.326 e. The standard InChI is InChI=1S/C21H23NO3/c23-19(22-13-17-6-3-7-18(17)20(22)21(24)25)11-9-14-8-10-15-4-1-2-5-16(15)12-14/h1-2,4-5,8,10,12,17-18,20H,3,6-7,9,11,13H2,(H,24,25). The molecule has 4 heteroatoms. The normalized spacial score (nSPS) is 25.3. The Labute approximate surface area is 147 Å². The monoisotopic (exact) mass is 337 g/mol. The third-order valence-corrected chi connectivity index (χ3v) is 5.91. The number of hydrogen-bond acceptors (Lipinski definition) is 2. The first-order valence-corrected chi connectivity index (χ1v) is 9.13. The molecule has 0 aromatic heterocycles. The van der Waals surface area contributed by atoms with Crippen LogP contribution in [0.3, 0.4) is 0 Å². The molecule has 1 saturated heterocycles. The molecule has 3 unspecified atom stereocenters. The molecule has 0 bridgehead atoms. The highest BCUT2D eigenvalue weighted by Crippen LogP contribution is 2.42. The van der Waals surface area contributed by atoms with Gasteiger partial charge >= 0.3 is 5.97 Å². The zero-order valence-corrected chi connectivity index (χ0v) is 14.2. The second kappa shape index (κ2) is 6.51. The summed E-state index contributed by atoms with van der Waals surface area (Å²) in [5.74, 6) is -0.323. The number of aliphatic carboxylic acids is 1. The largest absolute Gasteiger partial charge is 0.480 e. The molecule has 3 atom stereocenters. The first-order valence-electron chi connectivity index (χ1n) is 9.13. The quantitative estimate of drug-likeness (QED) is 0.929. The molecule has 4 nitrogen and oxygen atoms in total. The van der Waals surface area contributed by atoms with Crippen molar-refractivity contribution in [3.63, 3.8) is 0 Å². The van der Waals surface area contributed by atoms with Crippen LogP contribution >= 0.6 is 0 Å². The lowest BCUT2D eigenvalue weighted by Crippen LogP contribution is -2.43. The van der Waals surface area contributed by atoms with E-state index in [2.05, 4.69) is 30.3 Å². The van der Waals surface area contributed by atoms with Crippen molar-refractivity contribution in [2.45, 2.75) is 38.1 Å². The van der Waals surface area contributed by atoms with Crippen molar-refractivity contribution < 1.29 is 14.7 Å². The molecule has 1 saturated carbocycles. The van der Waals surface area contributed by atoms with E-state index in [1.165, 1.54) is 10.8 Å². The van der Waals surface area contributed by atoms with Gasteiger partial charge in [-0.3, -0.25) is 4.79 Å². The van der Waals surface area contributed by atoms with Crippen LogP contribution in [0.5, 0.6) is 0 Å². The van der Waals surface area contributed by atoms with Crippen LogP contribution in [0.2, 0.25) is 0 Å². The van der Waals surface area contributed by atoms with Crippen molar-refractivity contribution in [2.75, 3.05) is 6.54 Å². The van der Waals surface area contributed by atoms with Crippen molar-refractivity contribution in [3.8, 4) is 0 Å². The second-order valence-corrected chi connectivity index (χ2v) is 7.37. The maximum atomic E-state index is 12.7. The molecule has 1 aliphatic heterocycles. The van der Waals surface area contributed by atoms with E-state index in [9.17, 15) is 14.7 Å². The molecule has 2 aromatic carbocycles. The van der Waals surface area contributed by atoms with Gasteiger partial charge in [-0.25, -0.2) is 4.79 Å². The van der Waals surface area contributed by atoms with Gasteiger partial charge in [-0.15, -0.1) is 0 Å². The summed E-state index contributed by atoms with van der Waals surface area (Å²) in [4.78, 5) is 26.0. The molecule has 2 aromatic rings. The minimum atomic E-state index is -0.839. The summed E-state index contributed by atoms with van der Waals surface area (Å²) in [7, 11) is 0. The molecule has 1 aliphatic carbocycles. The number of aryl methyl sites for hydroxylation is 1. The number of nitrogens with zero attached hydrogens (tertiary/aromatic N) is 1. The SMILES string of the molecule is O=C(O)C1C2CCCC2CN1C(=O)CCc1ccc2ccccc2c1. The number of hydrogen-bond donors (Lipinski definition) is 1. The van der Waals surface area contributed by atoms with Gasteiger partial charge in [0.05, 0.1) is 0 Å². The Morgan fingerprint density at radius 3 is 2.68 bits per heavy atom. The maximum Gasteiger partial charge on any atom is 0.326 e. The van der Waals surface area contributed by atoms with Crippen LogP contribution in [0, 0.1) is 11.8 Å². The van der Waals surface area contributed by atoms with Crippen molar-refractivity contribution in [2.24, 2.45) is 11.8 Å². The van der Waals surface area contributed by atoms with Gasteiger partial charge in [0, 0.05) is 13.0 Å². The molecule has 1 amide bonds. The van der Waals surface area contributed by atoms with Crippen LogP contribution in [-0.4, -0.2) is 34.5 Å². The van der Waals surface area contributed by atoms with E-state index in [4.69, 9.17) is 0 Å². The highest BCUT2D eigenvalue weighted by Gasteiger charge is 2.49. The van der Waals surface area contributed by atoms with Gasteiger partial charge in [-0.1, -0.05) is 48.9 Å². The molecule has 130 valence electrons. The number of rotatable bonds is 4. The Hall–Kier alpha value is -2.36. The van der Waals surface area contributed by atoms with E-state index in [1.54, 1.807) is 4.90 Å². The highest BCUT2D eigenvalue weighted by atomic mass is 16.4. The molecule has 25 heavy (non-hydrogen) atoms. The zero-order chi connectivity index (χ0) is 17.4. The number of likely N-dealkylation sites (tertiary alicyclic amines) is 1. The van der Waals surface area contributed by atoms with Crippen LogP contribution < -0.4 is 0 Å². The third-order valence-electron chi connectivity index (χ3n) is 5.91. The lowest BCUT2D eigenvalue weighted by molar-refractivity contribution is -0.149. The predicted molar refractivity (Wildman–Crippen MR) is 96.2 cm³/mol. The molecule has 2 aliphatic rings. The summed E-state index contributed by atoms with van der Waals surface area (Å²) in [5.41, 5.74) is 1.12. The van der Waals surface area contributed by atoms with E-state index in [0.29, 0.717) is 25.3 Å². The van der Waals surface area contributed by atoms with Crippen LogP contribution in [0.15, 0.2) is 42.5 Å². The Bertz CT molecular complexity index is 816. The van der Waals surface area contributed by atoms with Gasteiger partial charge in [0.2, 0.25) is 5.91 Å². The summed E-state index contributed by atoms with van der Waals surface area (Å²) in [6.07, 6.45) is 4.13. The summed E-state index contributed by atoms with van der Waals surface area (Å²) in [5, 5.41) is 12.0. The number of carboxylic acid groups (broad SMARTS) is 1. The van der Waals surface area contributed by atoms with E-state index < -0.39 is 12.0 Å². The van der Waals surface area contributed by atoms with Gasteiger partial charge in [0.25, 0.3) is 0 Å². The molecular formula is C21H23NO3. The molecule has 1 N–H and O–H groups in total. The second-order valence-electron chi connectivity index (χ2n) is 7.37. The number of fused-ring (bicyclic) bond motifs is 2. The van der Waals surface area contributed by atoms with E-state index in [-0.39, 0.29) is 11.8 Å². The first-order chi connectivity index (χ1) is 12.1. The van der Waals surface area contributed by atoms with Gasteiger partial charge in [0.15, 0.2) is 0 Å². The lowest BCUT2D eigenvalue weighted by Gasteiger charge is -2.24. The summed E-state index contributed by atoms with van der Waals surface area (Å²) >= 11 is 0. The average Bonchev–Trinajstić information content (AvgIpc) is 3.20. The molecular weight excluding hydrogens is 314 g/mol. The predicted octanol–water partition coefficient (Wildman–Crippen LogP) is 3.48. The zero-order valence-electron chi connectivity index (χ0n) is 14.2. The van der Waals surface area contributed by atoms with Crippen molar-refractivity contribution in [3.05, 3.63) is 48.0 Å². The van der Waals surface area contributed by atoms with E-state index >= 15 is 0 Å². The van der Waals surface area contributed by atoms with Crippen LogP contribution in [0.4, 0.5) is 0 Å². The highest BCUT2D eigenvalue weighted by molar-refractivity contribution is 5.85. The van der Waals surface area contributed by atoms with E-state index in [1.807, 2.05) is 12.1 Å². The average molecular weight is 337 g/mol. The Morgan fingerprint density at radius 1 is 1.08 bits per heavy atom. The Kier molecular flexibility index (Phi) is 4.20. The van der Waals surface area contributed by atoms with Crippen molar-refractivity contribution in [1.29, 1.82) is 0 Å². The fraction of sp³-hybridized carbons (Fsp3) is 0.429. The number of benzene rings is 2. The van der Waals surface area contributed by atoms with Crippen molar-refractivity contribution >= 4 is 22.6 Å². The number of carboxylic acids is 1. The molecule has 4 rings (SSSR count). The van der Waals surface area contributed by atoms with Gasteiger partial charge in [0.1, 0.15) is 6.04 Å². The van der Waals surface area contributed by atoms with Crippen molar-refractivity contribution in [1.82, 2.24) is 4.90 Å². The van der Waals surface area contributed by atoms with Crippen LogP contribution in [-0.2, 0) is 16.0 Å². The fourth-order valence-corrected chi connectivity index (χ4v) is 4.67. The van der Waals surface area contributed by atoms with E-state index in [0.717, 1.165) is 24.8 Å². The Morgan fingerprint density at radius 2 is 1.88 bits per heavy atom. The minimum Gasteiger partial charge on any atom is -0.480 e. The van der Waals surface area contributed by atoms with Crippen LogP contribution in [0.25, 0.3) is 10.8 Å². The van der Waals surface area contributed by atoms with Crippen LogP contribution in [0.1, 0.15) is 31.2 Å². The first kappa shape index (κ1) is 16.1. The summed E-state index contributed by atoms with van der Waals surface area (Å²) in [6.45, 7) is 0.623. The molecule has 0 spiro atoms. The summed E-state index contributed by atoms with van der Waals surface area (Å²) < 4.78 is 0. The summed E-state index contributed by atoms with van der Waals surface area (Å²) in [6, 6.07) is 13.8. The fourth-order valence-electron chi connectivity index (χ4n) is 4.67. The molecule has 1 heterocycles. The van der Waals surface area contributed by atoms with Gasteiger partial charge in [-0.05, 0) is 47.4 Å². The topological polar surface area (TPSA) is 57.6 Å². The Balaban J connectivity index is 1.45. The molecule has 2 fully saturated rings. The lowest BCUT2D eigenvalue weighted by atomic mass is 9.94. The minimum absolute atomic E-state index is 0.0186. The third kappa shape index (κ3) is 3.01. The van der Waals surface area contributed by atoms with Gasteiger partial charge in [-0.2, -0.15) is 0 Å². The van der Waals surface area contributed by atoms with Gasteiger partial charge < -0.3 is 10.0 Å². The number of carbonyl (C=O) groups excluding carboxylic acids is 1. The molecule has 0 radical (unpaired) electrons. The number of amides is 1.